The molecule has 2 rings (SSSR count). The lowest BCUT2D eigenvalue weighted by Gasteiger charge is -2.27. The Morgan fingerprint density at radius 3 is 2.65 bits per heavy atom. The van der Waals surface area contributed by atoms with E-state index in [1.165, 1.54) is 19.0 Å². The van der Waals surface area contributed by atoms with E-state index < -0.39 is 10.5 Å². The summed E-state index contributed by atoms with van der Waals surface area (Å²) in [7, 11) is 0. The summed E-state index contributed by atoms with van der Waals surface area (Å²) >= 11 is 0. The number of aromatic nitrogens is 1. The summed E-state index contributed by atoms with van der Waals surface area (Å²) in [6.07, 6.45) is 7.88. The molecule has 0 saturated heterocycles. The topological polar surface area (TPSA) is 91.3 Å². The molecule has 6 heteroatoms. The van der Waals surface area contributed by atoms with Crippen molar-refractivity contribution < 1.29 is 9.66 Å². The summed E-state index contributed by atoms with van der Waals surface area (Å²) in [6, 6.07) is 1.61. The molecule has 6 nitrogen and oxygen atoms in total. The maximum absolute atomic E-state index is 11.1. The minimum absolute atomic E-state index is 0.0651. The van der Waals surface area contributed by atoms with Crippen molar-refractivity contribution in [2.24, 2.45) is 5.73 Å². The predicted octanol–water partition coefficient (Wildman–Crippen LogP) is 2.73. The maximum atomic E-state index is 11.1. The summed E-state index contributed by atoms with van der Waals surface area (Å²) in [5, 5.41) is 11.1. The van der Waals surface area contributed by atoms with Gasteiger partial charge in [-0.3, -0.25) is 10.1 Å². The van der Waals surface area contributed by atoms with Crippen molar-refractivity contribution in [1.82, 2.24) is 4.98 Å². The molecule has 0 spiro atoms. The number of rotatable bonds is 4. The van der Waals surface area contributed by atoms with E-state index in [1.54, 1.807) is 13.0 Å². The van der Waals surface area contributed by atoms with Crippen molar-refractivity contribution in [3.05, 3.63) is 27.9 Å². The van der Waals surface area contributed by atoms with Gasteiger partial charge in [-0.25, -0.2) is 4.98 Å². The van der Waals surface area contributed by atoms with Gasteiger partial charge in [0.15, 0.2) is 0 Å². The fourth-order valence-corrected chi connectivity index (χ4v) is 2.64. The zero-order chi connectivity index (χ0) is 14.6. The molecule has 0 bridgehead atoms. The maximum Gasteiger partial charge on any atom is 0.333 e. The normalized spacial score (nSPS) is 18.3. The third-order valence-corrected chi connectivity index (χ3v) is 3.87. The molecule has 20 heavy (non-hydrogen) atoms. The largest absolute Gasteiger partial charge is 0.471 e. The van der Waals surface area contributed by atoms with Crippen LogP contribution in [0.2, 0.25) is 0 Å². The number of pyridine rings is 1. The average Bonchev–Trinajstić information content (AvgIpc) is 2.61. The van der Waals surface area contributed by atoms with Gasteiger partial charge in [0, 0.05) is 11.8 Å². The first-order valence-corrected chi connectivity index (χ1v) is 7.03. The minimum atomic E-state index is -0.450. The summed E-state index contributed by atoms with van der Waals surface area (Å²) in [4.78, 5) is 14.6. The van der Waals surface area contributed by atoms with Crippen LogP contribution in [0.25, 0.3) is 0 Å². The number of nitro groups is 1. The number of ether oxygens (including phenoxy) is 1. The van der Waals surface area contributed by atoms with Crippen LogP contribution in [-0.4, -0.2) is 22.1 Å². The van der Waals surface area contributed by atoms with E-state index in [4.69, 9.17) is 10.5 Å². The van der Waals surface area contributed by atoms with Gasteiger partial charge >= 0.3 is 5.69 Å². The molecule has 0 radical (unpaired) electrons. The monoisotopic (exact) mass is 279 g/mol. The third kappa shape index (κ3) is 3.45. The Bertz CT molecular complexity index is 483. The Morgan fingerprint density at radius 2 is 2.05 bits per heavy atom. The Hall–Kier alpha value is -1.69. The highest BCUT2D eigenvalue weighted by Gasteiger charge is 2.29. The van der Waals surface area contributed by atoms with Crippen molar-refractivity contribution >= 4 is 5.69 Å². The van der Waals surface area contributed by atoms with Crippen LogP contribution in [0.1, 0.15) is 44.1 Å². The summed E-state index contributed by atoms with van der Waals surface area (Å²) in [5.74, 6) is 0.0732. The van der Waals surface area contributed by atoms with Gasteiger partial charge in [-0.2, -0.15) is 0 Å². The highest BCUT2D eigenvalue weighted by Crippen LogP contribution is 2.30. The van der Waals surface area contributed by atoms with E-state index in [2.05, 4.69) is 4.98 Å². The van der Waals surface area contributed by atoms with Crippen molar-refractivity contribution in [2.45, 2.75) is 51.0 Å². The Morgan fingerprint density at radius 1 is 1.40 bits per heavy atom. The Balaban J connectivity index is 2.10. The van der Waals surface area contributed by atoms with Crippen molar-refractivity contribution in [3.63, 3.8) is 0 Å². The number of nitrogens with zero attached hydrogens (tertiary/aromatic N) is 2. The molecule has 0 atom stereocenters. The van der Waals surface area contributed by atoms with Crippen LogP contribution < -0.4 is 10.5 Å². The first-order valence-electron chi connectivity index (χ1n) is 7.03. The van der Waals surface area contributed by atoms with Gasteiger partial charge in [0.1, 0.15) is 6.61 Å². The van der Waals surface area contributed by atoms with Crippen LogP contribution >= 0.6 is 0 Å². The molecule has 1 fully saturated rings. The summed E-state index contributed by atoms with van der Waals surface area (Å²) in [6.45, 7) is 1.96. The lowest BCUT2D eigenvalue weighted by atomic mass is 9.93. The number of hydrogen-bond acceptors (Lipinski definition) is 5. The zero-order valence-corrected chi connectivity index (χ0v) is 11.8. The molecule has 1 saturated carbocycles. The SMILES string of the molecule is Cc1ccnc(OCC2(N)CCCCCC2)c1[N+](=O)[O-]. The summed E-state index contributed by atoms with van der Waals surface area (Å²) in [5.41, 5.74) is 6.44. The molecule has 0 amide bonds. The van der Waals surface area contributed by atoms with Gasteiger partial charge < -0.3 is 10.5 Å². The Labute approximate surface area is 118 Å². The zero-order valence-electron chi connectivity index (χ0n) is 11.8. The van der Waals surface area contributed by atoms with E-state index in [0.29, 0.717) is 5.56 Å². The molecular weight excluding hydrogens is 258 g/mol. The van der Waals surface area contributed by atoms with Crippen LogP contribution in [0.5, 0.6) is 5.88 Å². The highest BCUT2D eigenvalue weighted by molar-refractivity contribution is 5.47. The molecule has 1 aliphatic carbocycles. The van der Waals surface area contributed by atoms with Gasteiger partial charge in [-0.15, -0.1) is 0 Å². The first kappa shape index (κ1) is 14.7. The lowest BCUT2D eigenvalue weighted by Crippen LogP contribution is -2.45. The molecule has 0 unspecified atom stereocenters. The fourth-order valence-electron chi connectivity index (χ4n) is 2.64. The predicted molar refractivity (Wildman–Crippen MR) is 75.7 cm³/mol. The van der Waals surface area contributed by atoms with Crippen LogP contribution in [0, 0.1) is 17.0 Å². The van der Waals surface area contributed by atoms with Gasteiger partial charge in [-0.05, 0) is 25.8 Å². The molecule has 0 aliphatic heterocycles. The van der Waals surface area contributed by atoms with Gasteiger partial charge in [-0.1, -0.05) is 25.7 Å². The van der Waals surface area contributed by atoms with Gasteiger partial charge in [0.05, 0.1) is 10.5 Å². The van der Waals surface area contributed by atoms with E-state index >= 15 is 0 Å². The highest BCUT2D eigenvalue weighted by atomic mass is 16.6. The molecule has 110 valence electrons. The molecule has 1 aromatic rings. The van der Waals surface area contributed by atoms with Crippen molar-refractivity contribution in [1.29, 1.82) is 0 Å². The average molecular weight is 279 g/mol. The van der Waals surface area contributed by atoms with Crippen LogP contribution in [0.4, 0.5) is 5.69 Å². The first-order chi connectivity index (χ1) is 9.52. The van der Waals surface area contributed by atoms with E-state index in [9.17, 15) is 10.1 Å². The molecule has 1 aromatic heterocycles. The van der Waals surface area contributed by atoms with E-state index in [-0.39, 0.29) is 18.2 Å². The van der Waals surface area contributed by atoms with Crippen LogP contribution in [0.3, 0.4) is 0 Å². The minimum Gasteiger partial charge on any atom is -0.471 e. The quantitative estimate of drug-likeness (QED) is 0.520. The molecular formula is C14H21N3O3. The second-order valence-electron chi connectivity index (χ2n) is 5.60. The second kappa shape index (κ2) is 6.17. The van der Waals surface area contributed by atoms with Gasteiger partial charge in [0.25, 0.3) is 5.88 Å². The van der Waals surface area contributed by atoms with E-state index in [1.807, 2.05) is 0 Å². The van der Waals surface area contributed by atoms with E-state index in [0.717, 1.165) is 25.7 Å². The molecule has 1 aliphatic rings. The molecule has 0 aromatic carbocycles. The number of hydrogen-bond donors (Lipinski definition) is 1. The second-order valence-corrected chi connectivity index (χ2v) is 5.60. The summed E-state index contributed by atoms with van der Waals surface area (Å²) < 4.78 is 5.60. The third-order valence-electron chi connectivity index (χ3n) is 3.87. The van der Waals surface area contributed by atoms with Crippen LogP contribution in [0.15, 0.2) is 12.3 Å². The van der Waals surface area contributed by atoms with Crippen LogP contribution in [-0.2, 0) is 0 Å². The molecule has 2 N–H and O–H groups in total. The van der Waals surface area contributed by atoms with Gasteiger partial charge in [0.2, 0.25) is 0 Å². The van der Waals surface area contributed by atoms with Crippen molar-refractivity contribution in [3.8, 4) is 5.88 Å². The number of aryl methyl sites for hydroxylation is 1. The smallest absolute Gasteiger partial charge is 0.333 e. The molecule has 1 heterocycles. The van der Waals surface area contributed by atoms with Crippen molar-refractivity contribution in [2.75, 3.05) is 6.61 Å². The lowest BCUT2D eigenvalue weighted by molar-refractivity contribution is -0.386. The standard InChI is InChI=1S/C14H21N3O3/c1-11-6-9-16-13(12(11)17(18)19)20-10-14(15)7-4-2-3-5-8-14/h6,9H,2-5,7-8,10,15H2,1H3. The number of nitrogens with two attached hydrogens (primary N) is 1. The Kier molecular flexibility index (Phi) is 4.54. The fraction of sp³-hybridized carbons (Fsp3) is 0.643.